The maximum absolute atomic E-state index is 12.0. The molecule has 1 aliphatic rings. The molecule has 2 rings (SSSR count). The van der Waals surface area contributed by atoms with Gasteiger partial charge in [-0.1, -0.05) is 0 Å². The van der Waals surface area contributed by atoms with Gasteiger partial charge in [0.1, 0.15) is 5.69 Å². The summed E-state index contributed by atoms with van der Waals surface area (Å²) in [5, 5.41) is 5.81. The van der Waals surface area contributed by atoms with Crippen molar-refractivity contribution in [1.82, 2.24) is 15.2 Å². The van der Waals surface area contributed by atoms with E-state index in [9.17, 15) is 4.79 Å². The highest BCUT2D eigenvalue weighted by Crippen LogP contribution is 2.12. The predicted molar refractivity (Wildman–Crippen MR) is 72.9 cm³/mol. The monoisotopic (exact) mass is 268 g/mol. The average molecular weight is 268 g/mol. The highest BCUT2D eigenvalue weighted by molar-refractivity contribution is 7.09. The Bertz CT molecular complexity index is 399. The summed E-state index contributed by atoms with van der Waals surface area (Å²) in [7, 11) is 2.11. The van der Waals surface area contributed by atoms with Gasteiger partial charge in [0.2, 0.25) is 0 Å². The van der Waals surface area contributed by atoms with Crippen LogP contribution in [0.4, 0.5) is 0 Å². The van der Waals surface area contributed by atoms with Crippen LogP contribution in [0.25, 0.3) is 0 Å². The summed E-state index contributed by atoms with van der Waals surface area (Å²) in [6.45, 7) is 2.66. The number of nitrogens with two attached hydrogens (primary N) is 1. The number of piperidine rings is 1. The van der Waals surface area contributed by atoms with Crippen LogP contribution in [0.2, 0.25) is 0 Å². The van der Waals surface area contributed by atoms with Gasteiger partial charge in [-0.05, 0) is 39.5 Å². The molecule has 0 spiro atoms. The average Bonchev–Trinajstić information content (AvgIpc) is 2.81. The van der Waals surface area contributed by atoms with Crippen LogP contribution in [0, 0.1) is 0 Å². The minimum absolute atomic E-state index is 0.0518. The van der Waals surface area contributed by atoms with Gasteiger partial charge in [0.05, 0.1) is 5.01 Å². The first-order valence-corrected chi connectivity index (χ1v) is 7.21. The maximum Gasteiger partial charge on any atom is 0.270 e. The summed E-state index contributed by atoms with van der Waals surface area (Å²) in [5.74, 6) is -0.0518. The second kappa shape index (κ2) is 6.26. The van der Waals surface area contributed by atoms with Crippen molar-refractivity contribution in [2.24, 2.45) is 5.73 Å². The van der Waals surface area contributed by atoms with E-state index in [4.69, 9.17) is 5.73 Å². The van der Waals surface area contributed by atoms with Crippen LogP contribution in [-0.2, 0) is 6.42 Å². The van der Waals surface area contributed by atoms with E-state index >= 15 is 0 Å². The molecule has 0 radical (unpaired) electrons. The summed E-state index contributed by atoms with van der Waals surface area (Å²) >= 11 is 1.50. The highest BCUT2D eigenvalue weighted by Gasteiger charge is 2.20. The molecule has 0 aliphatic carbocycles. The number of hydrogen-bond donors (Lipinski definition) is 2. The fourth-order valence-electron chi connectivity index (χ4n) is 2.07. The van der Waals surface area contributed by atoms with Crippen molar-refractivity contribution in [3.8, 4) is 0 Å². The number of nitrogens with zero attached hydrogens (tertiary/aromatic N) is 2. The van der Waals surface area contributed by atoms with Crippen LogP contribution >= 0.6 is 11.3 Å². The lowest BCUT2D eigenvalue weighted by atomic mass is 10.1. The van der Waals surface area contributed by atoms with E-state index in [1.807, 2.05) is 5.38 Å². The summed E-state index contributed by atoms with van der Waals surface area (Å²) in [6.07, 6.45) is 2.77. The molecule has 100 valence electrons. The van der Waals surface area contributed by atoms with E-state index in [0.29, 0.717) is 12.2 Å². The normalized spacial score (nSPS) is 17.9. The van der Waals surface area contributed by atoms with Crippen LogP contribution in [0.15, 0.2) is 5.38 Å². The van der Waals surface area contributed by atoms with Crippen molar-refractivity contribution < 1.29 is 4.79 Å². The maximum atomic E-state index is 12.0. The summed E-state index contributed by atoms with van der Waals surface area (Å²) in [4.78, 5) is 18.6. The van der Waals surface area contributed by atoms with Gasteiger partial charge >= 0.3 is 0 Å². The van der Waals surface area contributed by atoms with Gasteiger partial charge in [-0.25, -0.2) is 4.98 Å². The highest BCUT2D eigenvalue weighted by atomic mass is 32.1. The quantitative estimate of drug-likeness (QED) is 0.832. The summed E-state index contributed by atoms with van der Waals surface area (Å²) < 4.78 is 0. The van der Waals surface area contributed by atoms with E-state index in [2.05, 4.69) is 22.2 Å². The van der Waals surface area contributed by atoms with Crippen molar-refractivity contribution in [2.45, 2.75) is 25.3 Å². The molecule has 6 heteroatoms. The number of nitrogens with one attached hydrogen (secondary N) is 1. The van der Waals surface area contributed by atoms with Crippen LogP contribution in [-0.4, -0.2) is 48.5 Å². The third-order valence-corrected chi connectivity index (χ3v) is 4.10. The number of hydrogen-bond acceptors (Lipinski definition) is 5. The van der Waals surface area contributed by atoms with Crippen molar-refractivity contribution in [3.63, 3.8) is 0 Å². The molecule has 0 saturated carbocycles. The molecule has 1 amide bonds. The zero-order chi connectivity index (χ0) is 13.0. The Kier molecular flexibility index (Phi) is 4.68. The third-order valence-electron chi connectivity index (χ3n) is 3.20. The second-order valence-corrected chi connectivity index (χ2v) is 5.66. The van der Waals surface area contributed by atoms with Crippen molar-refractivity contribution >= 4 is 17.2 Å². The summed E-state index contributed by atoms with van der Waals surface area (Å²) in [5.41, 5.74) is 6.00. The number of carbonyl (C=O) groups excluding carboxylic acids is 1. The Labute approximate surface area is 111 Å². The number of rotatable bonds is 4. The van der Waals surface area contributed by atoms with Crippen LogP contribution in [0.1, 0.15) is 28.3 Å². The van der Waals surface area contributed by atoms with E-state index in [0.717, 1.165) is 37.4 Å². The predicted octanol–water partition coefficient (Wildman–Crippen LogP) is 0.468. The molecule has 1 aromatic rings. The Hall–Kier alpha value is -0.980. The largest absolute Gasteiger partial charge is 0.348 e. The van der Waals surface area contributed by atoms with E-state index in [1.165, 1.54) is 11.3 Å². The topological polar surface area (TPSA) is 71.2 Å². The first-order chi connectivity index (χ1) is 8.69. The molecular weight excluding hydrogens is 248 g/mol. The Morgan fingerprint density at radius 2 is 2.33 bits per heavy atom. The fourth-order valence-corrected chi connectivity index (χ4v) is 2.86. The van der Waals surface area contributed by atoms with Crippen LogP contribution < -0.4 is 11.1 Å². The Morgan fingerprint density at radius 3 is 3.00 bits per heavy atom. The minimum Gasteiger partial charge on any atom is -0.348 e. The van der Waals surface area contributed by atoms with Crippen LogP contribution in [0.5, 0.6) is 0 Å². The molecule has 5 nitrogen and oxygen atoms in total. The van der Waals surface area contributed by atoms with Gasteiger partial charge in [-0.2, -0.15) is 0 Å². The molecule has 1 fully saturated rings. The van der Waals surface area contributed by atoms with Crippen LogP contribution in [0.3, 0.4) is 0 Å². The molecule has 0 atom stereocenters. The lowest BCUT2D eigenvalue weighted by molar-refractivity contribution is 0.0912. The Balaban J connectivity index is 1.86. The van der Waals surface area contributed by atoms with E-state index < -0.39 is 0 Å². The second-order valence-electron chi connectivity index (χ2n) is 4.72. The standard InChI is InChI=1S/C12H20N4OS/c1-16-6-3-9(4-7-16)14-12(17)10-8-18-11(15-10)2-5-13/h8-9H,2-7,13H2,1H3,(H,14,17). The number of amides is 1. The van der Waals surface area contributed by atoms with Gasteiger partial charge in [0, 0.05) is 17.8 Å². The number of likely N-dealkylation sites (tertiary alicyclic amines) is 1. The molecule has 1 aliphatic heterocycles. The molecule has 0 aromatic carbocycles. The lowest BCUT2D eigenvalue weighted by Crippen LogP contribution is -2.43. The minimum atomic E-state index is -0.0518. The molecule has 0 bridgehead atoms. The molecule has 3 N–H and O–H groups in total. The molecule has 1 aromatic heterocycles. The van der Waals surface area contributed by atoms with Gasteiger partial charge < -0.3 is 16.0 Å². The summed E-state index contributed by atoms with van der Waals surface area (Å²) in [6, 6.07) is 0.286. The van der Waals surface area contributed by atoms with Crippen molar-refractivity contribution in [2.75, 3.05) is 26.7 Å². The fraction of sp³-hybridized carbons (Fsp3) is 0.667. The first kappa shape index (κ1) is 13.5. The van der Waals surface area contributed by atoms with Gasteiger partial charge in [0.25, 0.3) is 5.91 Å². The SMILES string of the molecule is CN1CCC(NC(=O)c2csc(CCN)n2)CC1. The number of thiazole rings is 1. The molecule has 1 saturated heterocycles. The number of carbonyl (C=O) groups is 1. The van der Waals surface area contributed by atoms with Gasteiger partial charge in [-0.3, -0.25) is 4.79 Å². The molecule has 18 heavy (non-hydrogen) atoms. The third kappa shape index (κ3) is 3.51. The smallest absolute Gasteiger partial charge is 0.270 e. The van der Waals surface area contributed by atoms with Gasteiger partial charge in [-0.15, -0.1) is 11.3 Å². The molecule has 0 unspecified atom stereocenters. The molecular formula is C12H20N4OS. The lowest BCUT2D eigenvalue weighted by Gasteiger charge is -2.29. The van der Waals surface area contributed by atoms with E-state index in [1.54, 1.807) is 0 Å². The number of aromatic nitrogens is 1. The van der Waals surface area contributed by atoms with E-state index in [-0.39, 0.29) is 11.9 Å². The Morgan fingerprint density at radius 1 is 1.61 bits per heavy atom. The van der Waals surface area contributed by atoms with Gasteiger partial charge in [0.15, 0.2) is 0 Å². The van der Waals surface area contributed by atoms with Crippen molar-refractivity contribution in [1.29, 1.82) is 0 Å². The molecule has 2 heterocycles. The van der Waals surface area contributed by atoms with Crippen molar-refractivity contribution in [3.05, 3.63) is 16.1 Å². The zero-order valence-corrected chi connectivity index (χ0v) is 11.5. The zero-order valence-electron chi connectivity index (χ0n) is 10.7. The first-order valence-electron chi connectivity index (χ1n) is 6.33.